The van der Waals surface area contributed by atoms with Crippen LogP contribution in [-0.2, 0) is 20.7 Å². The van der Waals surface area contributed by atoms with E-state index in [0.29, 0.717) is 19.5 Å². The Labute approximate surface area is 118 Å². The summed E-state index contributed by atoms with van der Waals surface area (Å²) in [7, 11) is 3.07. The molecule has 0 aliphatic rings. The highest BCUT2D eigenvalue weighted by Crippen LogP contribution is 2.03. The van der Waals surface area contributed by atoms with E-state index >= 15 is 0 Å². The van der Waals surface area contributed by atoms with E-state index in [2.05, 4.69) is 10.6 Å². The average molecular weight is 284 g/mol. The summed E-state index contributed by atoms with van der Waals surface area (Å²) in [4.78, 5) is 11.5. The summed E-state index contributed by atoms with van der Waals surface area (Å²) < 4.78 is 22.9. The molecule has 0 saturated carbocycles. The van der Waals surface area contributed by atoms with Gasteiger partial charge in [0.05, 0.1) is 6.54 Å². The topological polar surface area (TPSA) is 59.6 Å². The molecule has 2 N–H and O–H groups in total. The second-order valence-corrected chi connectivity index (χ2v) is 4.26. The lowest BCUT2D eigenvalue weighted by molar-refractivity contribution is -0.121. The minimum absolute atomic E-state index is 0.118. The van der Waals surface area contributed by atoms with Crippen molar-refractivity contribution in [1.29, 1.82) is 0 Å². The van der Waals surface area contributed by atoms with E-state index in [4.69, 9.17) is 9.47 Å². The van der Waals surface area contributed by atoms with Crippen molar-refractivity contribution >= 4 is 5.91 Å². The van der Waals surface area contributed by atoms with Gasteiger partial charge in [-0.25, -0.2) is 4.39 Å². The molecule has 5 nitrogen and oxygen atoms in total. The van der Waals surface area contributed by atoms with Crippen LogP contribution in [0.15, 0.2) is 24.3 Å². The first-order valence-electron chi connectivity index (χ1n) is 6.43. The number of methoxy groups -OCH3 is 2. The number of ether oxygens (including phenoxy) is 2. The predicted molar refractivity (Wildman–Crippen MR) is 73.8 cm³/mol. The van der Waals surface area contributed by atoms with Crippen molar-refractivity contribution in [3.63, 3.8) is 0 Å². The molecule has 0 aliphatic carbocycles. The monoisotopic (exact) mass is 284 g/mol. The normalized spacial score (nSPS) is 10.8. The summed E-state index contributed by atoms with van der Waals surface area (Å²) in [5, 5.41) is 5.68. The second-order valence-electron chi connectivity index (χ2n) is 4.26. The number of hydrogen-bond donors (Lipinski definition) is 2. The molecular formula is C14H21FN2O3. The standard InChI is InChI=1S/C14H21FN2O3/c1-19-14(20-2)10-16-9-13(18)17-7-6-11-4-3-5-12(15)8-11/h3-5,8,14,16H,6-7,9-10H2,1-2H3,(H,17,18). The van der Waals surface area contributed by atoms with Gasteiger partial charge in [0.1, 0.15) is 5.82 Å². The minimum Gasteiger partial charge on any atom is -0.355 e. The summed E-state index contributed by atoms with van der Waals surface area (Å²) in [6.45, 7) is 1.10. The molecule has 0 saturated heterocycles. The van der Waals surface area contributed by atoms with Crippen LogP contribution >= 0.6 is 0 Å². The lowest BCUT2D eigenvalue weighted by Crippen LogP contribution is -2.38. The SMILES string of the molecule is COC(CNCC(=O)NCCc1cccc(F)c1)OC. The van der Waals surface area contributed by atoms with Crippen LogP contribution < -0.4 is 10.6 Å². The molecule has 0 fully saturated rings. The summed E-state index contributed by atoms with van der Waals surface area (Å²) in [6, 6.07) is 6.35. The molecule has 1 amide bonds. The fourth-order valence-electron chi connectivity index (χ4n) is 1.67. The van der Waals surface area contributed by atoms with Gasteiger partial charge in [-0.3, -0.25) is 4.79 Å². The maximum Gasteiger partial charge on any atom is 0.233 e. The van der Waals surface area contributed by atoms with Crippen molar-refractivity contribution in [2.45, 2.75) is 12.7 Å². The molecular weight excluding hydrogens is 263 g/mol. The van der Waals surface area contributed by atoms with E-state index in [1.165, 1.54) is 26.4 Å². The molecule has 1 aromatic rings. The van der Waals surface area contributed by atoms with Crippen molar-refractivity contribution in [1.82, 2.24) is 10.6 Å². The molecule has 0 heterocycles. The van der Waals surface area contributed by atoms with E-state index in [0.717, 1.165) is 5.56 Å². The van der Waals surface area contributed by atoms with Gasteiger partial charge in [0.2, 0.25) is 5.91 Å². The van der Waals surface area contributed by atoms with Crippen LogP contribution in [0.2, 0.25) is 0 Å². The van der Waals surface area contributed by atoms with Crippen molar-refractivity contribution < 1.29 is 18.7 Å². The van der Waals surface area contributed by atoms with Gasteiger partial charge in [0.25, 0.3) is 0 Å². The molecule has 0 spiro atoms. The Hall–Kier alpha value is -1.50. The zero-order valence-electron chi connectivity index (χ0n) is 11.8. The number of nitrogens with one attached hydrogen (secondary N) is 2. The van der Waals surface area contributed by atoms with Crippen LogP contribution in [0.4, 0.5) is 4.39 Å². The number of carbonyl (C=O) groups is 1. The number of rotatable bonds is 9. The maximum atomic E-state index is 12.9. The molecule has 0 atom stereocenters. The fraction of sp³-hybridized carbons (Fsp3) is 0.500. The van der Waals surface area contributed by atoms with Crippen LogP contribution in [0.1, 0.15) is 5.56 Å². The Bertz CT molecular complexity index is 411. The van der Waals surface area contributed by atoms with Crippen LogP contribution in [0, 0.1) is 5.82 Å². The van der Waals surface area contributed by atoms with Crippen molar-refractivity contribution in [3.05, 3.63) is 35.6 Å². The predicted octanol–water partition coefficient (Wildman–Crippen LogP) is 0.693. The summed E-state index contributed by atoms with van der Waals surface area (Å²) in [6.07, 6.45) is 0.234. The van der Waals surface area contributed by atoms with Gasteiger partial charge in [-0.05, 0) is 24.1 Å². The third kappa shape index (κ3) is 6.60. The molecule has 20 heavy (non-hydrogen) atoms. The Morgan fingerprint density at radius 2 is 2.10 bits per heavy atom. The Balaban J connectivity index is 2.14. The zero-order valence-corrected chi connectivity index (χ0v) is 11.8. The van der Waals surface area contributed by atoms with Crippen molar-refractivity contribution in [3.8, 4) is 0 Å². The van der Waals surface area contributed by atoms with Crippen LogP contribution in [-0.4, -0.2) is 46.1 Å². The van der Waals surface area contributed by atoms with Crippen LogP contribution in [0.25, 0.3) is 0 Å². The molecule has 112 valence electrons. The number of hydrogen-bond acceptors (Lipinski definition) is 4. The number of benzene rings is 1. The van der Waals surface area contributed by atoms with E-state index in [-0.39, 0.29) is 24.6 Å². The summed E-state index contributed by atoms with van der Waals surface area (Å²) >= 11 is 0. The van der Waals surface area contributed by atoms with Gasteiger partial charge in [0, 0.05) is 27.3 Å². The first-order valence-corrected chi connectivity index (χ1v) is 6.43. The highest BCUT2D eigenvalue weighted by atomic mass is 19.1. The van der Waals surface area contributed by atoms with E-state index < -0.39 is 0 Å². The lowest BCUT2D eigenvalue weighted by atomic mass is 10.1. The Morgan fingerprint density at radius 3 is 2.75 bits per heavy atom. The lowest BCUT2D eigenvalue weighted by Gasteiger charge is -2.13. The summed E-state index contributed by atoms with van der Waals surface area (Å²) in [5.41, 5.74) is 0.858. The number of amides is 1. The van der Waals surface area contributed by atoms with Gasteiger partial charge in [0.15, 0.2) is 6.29 Å². The third-order valence-corrected chi connectivity index (χ3v) is 2.75. The van der Waals surface area contributed by atoms with Gasteiger partial charge >= 0.3 is 0 Å². The maximum absolute atomic E-state index is 12.9. The largest absolute Gasteiger partial charge is 0.355 e. The van der Waals surface area contributed by atoms with Crippen molar-refractivity contribution in [2.24, 2.45) is 0 Å². The van der Waals surface area contributed by atoms with Gasteiger partial charge in [-0.15, -0.1) is 0 Å². The molecule has 1 aromatic carbocycles. The highest BCUT2D eigenvalue weighted by Gasteiger charge is 2.06. The van der Waals surface area contributed by atoms with Gasteiger partial charge in [-0.2, -0.15) is 0 Å². The molecule has 0 aliphatic heterocycles. The zero-order chi connectivity index (χ0) is 14.8. The van der Waals surface area contributed by atoms with Gasteiger partial charge < -0.3 is 20.1 Å². The van der Waals surface area contributed by atoms with Crippen LogP contribution in [0.3, 0.4) is 0 Å². The molecule has 0 bridgehead atoms. The fourth-order valence-corrected chi connectivity index (χ4v) is 1.67. The Morgan fingerprint density at radius 1 is 1.35 bits per heavy atom. The molecule has 6 heteroatoms. The number of halogens is 1. The third-order valence-electron chi connectivity index (χ3n) is 2.75. The smallest absolute Gasteiger partial charge is 0.233 e. The second kappa shape index (κ2) is 9.41. The van der Waals surface area contributed by atoms with Gasteiger partial charge in [-0.1, -0.05) is 12.1 Å². The molecule has 0 unspecified atom stereocenters. The highest BCUT2D eigenvalue weighted by molar-refractivity contribution is 5.77. The number of carbonyl (C=O) groups excluding carboxylic acids is 1. The molecule has 0 aromatic heterocycles. The minimum atomic E-state index is -0.366. The summed E-state index contributed by atoms with van der Waals surface area (Å²) in [5.74, 6) is -0.381. The van der Waals surface area contributed by atoms with E-state index in [1.807, 2.05) is 6.07 Å². The van der Waals surface area contributed by atoms with E-state index in [1.54, 1.807) is 6.07 Å². The quantitative estimate of drug-likeness (QED) is 0.655. The van der Waals surface area contributed by atoms with Crippen molar-refractivity contribution in [2.75, 3.05) is 33.9 Å². The van der Waals surface area contributed by atoms with E-state index in [9.17, 15) is 9.18 Å². The van der Waals surface area contributed by atoms with Crippen LogP contribution in [0.5, 0.6) is 0 Å². The average Bonchev–Trinajstić information content (AvgIpc) is 2.44. The molecule has 1 rings (SSSR count). The molecule has 0 radical (unpaired) electrons. The first kappa shape index (κ1) is 16.6. The first-order chi connectivity index (χ1) is 9.65. The Kier molecular flexibility index (Phi) is 7.79.